The normalized spacial score (nSPS) is 15.1. The molecule has 2 heterocycles. The van der Waals surface area contributed by atoms with Crippen LogP contribution < -0.4 is 10.6 Å². The molecule has 1 aromatic heterocycles. The average molecular weight is 510 g/mol. The van der Waals surface area contributed by atoms with Crippen molar-refractivity contribution in [2.45, 2.75) is 13.8 Å². The molecule has 5 nitrogen and oxygen atoms in total. The van der Waals surface area contributed by atoms with Gasteiger partial charge >= 0.3 is 0 Å². The first-order valence-electron chi connectivity index (χ1n) is 12.4. The second kappa shape index (κ2) is 12.9. The summed E-state index contributed by atoms with van der Waals surface area (Å²) in [6.07, 6.45) is 9.79. The zero-order chi connectivity index (χ0) is 26.0. The fraction of sp³-hybridized carbons (Fsp3) is 0.226. The number of pyridine rings is 1. The van der Waals surface area contributed by atoms with Gasteiger partial charge in [-0.3, -0.25) is 14.9 Å². The first-order chi connectivity index (χ1) is 18.0. The van der Waals surface area contributed by atoms with Crippen molar-refractivity contribution < 1.29 is 0 Å². The molecule has 1 aliphatic heterocycles. The highest BCUT2D eigenvalue weighted by Crippen LogP contribution is 2.30. The van der Waals surface area contributed by atoms with Gasteiger partial charge < -0.3 is 10.6 Å². The Bertz CT molecular complexity index is 1340. The first kappa shape index (κ1) is 26.2. The van der Waals surface area contributed by atoms with Gasteiger partial charge in [0.05, 0.1) is 10.7 Å². The van der Waals surface area contributed by atoms with Crippen molar-refractivity contribution in [2.24, 2.45) is 4.99 Å². The number of benzene rings is 2. The predicted molar refractivity (Wildman–Crippen MR) is 158 cm³/mol. The van der Waals surface area contributed by atoms with Crippen LogP contribution in [0.5, 0.6) is 0 Å². The van der Waals surface area contributed by atoms with Crippen LogP contribution in [0, 0.1) is 11.8 Å². The number of aromatic nitrogens is 1. The van der Waals surface area contributed by atoms with Gasteiger partial charge in [0.1, 0.15) is 5.69 Å². The van der Waals surface area contributed by atoms with Crippen molar-refractivity contribution in [1.29, 1.82) is 0 Å². The Morgan fingerprint density at radius 1 is 1.05 bits per heavy atom. The number of allylic oxidation sites excluding steroid dienone is 3. The van der Waals surface area contributed by atoms with E-state index in [0.717, 1.165) is 55.0 Å². The molecule has 0 amide bonds. The molecule has 0 saturated carbocycles. The van der Waals surface area contributed by atoms with Crippen LogP contribution >= 0.6 is 11.6 Å². The molecule has 1 saturated heterocycles. The minimum Gasteiger partial charge on any atom is -0.397 e. The second-order valence-electron chi connectivity index (χ2n) is 8.95. The molecule has 0 unspecified atom stereocenters. The molecular formula is C31H32ClN5. The number of nitrogens with two attached hydrogens (primary N) is 1. The third-order valence-electron chi connectivity index (χ3n) is 6.32. The van der Waals surface area contributed by atoms with Crippen LogP contribution in [-0.2, 0) is 0 Å². The van der Waals surface area contributed by atoms with Crippen LogP contribution in [0.25, 0.3) is 5.57 Å². The lowest BCUT2D eigenvalue weighted by Crippen LogP contribution is -2.46. The van der Waals surface area contributed by atoms with E-state index >= 15 is 0 Å². The van der Waals surface area contributed by atoms with Crippen LogP contribution in [0.15, 0.2) is 89.7 Å². The summed E-state index contributed by atoms with van der Waals surface area (Å²) in [7, 11) is 0. The number of piperazine rings is 1. The Morgan fingerprint density at radius 2 is 1.81 bits per heavy atom. The van der Waals surface area contributed by atoms with Gasteiger partial charge in [-0.25, -0.2) is 0 Å². The maximum absolute atomic E-state index is 6.25. The van der Waals surface area contributed by atoms with Gasteiger partial charge in [0.25, 0.3) is 0 Å². The lowest BCUT2D eigenvalue weighted by molar-refractivity contribution is 0.280. The lowest BCUT2D eigenvalue weighted by atomic mass is 10.0. The van der Waals surface area contributed by atoms with Gasteiger partial charge in [-0.1, -0.05) is 47.9 Å². The molecule has 0 atom stereocenters. The zero-order valence-corrected chi connectivity index (χ0v) is 22.1. The first-order valence-corrected chi connectivity index (χ1v) is 12.8. The molecule has 0 spiro atoms. The Balaban J connectivity index is 1.42. The number of para-hydroxylation sites is 1. The summed E-state index contributed by atoms with van der Waals surface area (Å²) in [4.78, 5) is 13.5. The van der Waals surface area contributed by atoms with Gasteiger partial charge in [-0.15, -0.1) is 5.92 Å². The molecule has 0 bridgehead atoms. The highest BCUT2D eigenvalue weighted by Gasteiger charge is 2.17. The third-order valence-corrected chi connectivity index (χ3v) is 6.62. The molecule has 2 N–H and O–H groups in total. The number of hydrogen-bond donors (Lipinski definition) is 1. The maximum Gasteiger partial charge on any atom is 0.104 e. The van der Waals surface area contributed by atoms with Gasteiger partial charge in [0.2, 0.25) is 0 Å². The van der Waals surface area contributed by atoms with Gasteiger partial charge in [0.15, 0.2) is 0 Å². The molecule has 1 fully saturated rings. The van der Waals surface area contributed by atoms with Gasteiger partial charge in [-0.05, 0) is 67.0 Å². The van der Waals surface area contributed by atoms with Crippen LogP contribution in [0.1, 0.15) is 25.0 Å². The Hall–Kier alpha value is -3.85. The van der Waals surface area contributed by atoms with Crippen LogP contribution in [-0.4, -0.2) is 48.8 Å². The second-order valence-corrected chi connectivity index (χ2v) is 9.35. The van der Waals surface area contributed by atoms with E-state index in [0.29, 0.717) is 16.4 Å². The summed E-state index contributed by atoms with van der Waals surface area (Å²) < 4.78 is 0. The fourth-order valence-corrected chi connectivity index (χ4v) is 4.48. The van der Waals surface area contributed by atoms with E-state index < -0.39 is 0 Å². The van der Waals surface area contributed by atoms with E-state index in [1.807, 2.05) is 37.5 Å². The number of hydrogen-bond acceptors (Lipinski definition) is 5. The molecule has 188 valence electrons. The van der Waals surface area contributed by atoms with Crippen molar-refractivity contribution in [2.75, 3.05) is 43.4 Å². The third kappa shape index (κ3) is 7.33. The summed E-state index contributed by atoms with van der Waals surface area (Å²) in [6.45, 7) is 8.86. The van der Waals surface area contributed by atoms with Gasteiger partial charge in [-0.2, -0.15) is 0 Å². The summed E-state index contributed by atoms with van der Waals surface area (Å²) >= 11 is 6.25. The summed E-state index contributed by atoms with van der Waals surface area (Å²) in [5.41, 5.74) is 12.8. The Labute approximate surface area is 225 Å². The molecule has 1 aliphatic rings. The Morgan fingerprint density at radius 3 is 2.54 bits per heavy atom. The summed E-state index contributed by atoms with van der Waals surface area (Å²) in [6, 6.07) is 17.8. The molecule has 0 aliphatic carbocycles. The van der Waals surface area contributed by atoms with Crippen molar-refractivity contribution in [3.8, 4) is 11.8 Å². The van der Waals surface area contributed by atoms with E-state index in [2.05, 4.69) is 75.0 Å². The molecule has 37 heavy (non-hydrogen) atoms. The topological polar surface area (TPSA) is 57.8 Å². The molecule has 3 aromatic rings. The zero-order valence-electron chi connectivity index (χ0n) is 21.4. The van der Waals surface area contributed by atoms with E-state index in [4.69, 9.17) is 17.3 Å². The highest BCUT2D eigenvalue weighted by molar-refractivity contribution is 6.33. The fourth-order valence-electron chi connectivity index (χ4n) is 4.25. The number of rotatable bonds is 7. The quantitative estimate of drug-likeness (QED) is 0.177. The molecule has 6 heteroatoms. The van der Waals surface area contributed by atoms with E-state index in [1.165, 1.54) is 5.69 Å². The maximum atomic E-state index is 6.25. The highest BCUT2D eigenvalue weighted by atomic mass is 35.5. The number of nitrogens with zero attached hydrogens (tertiary/aromatic N) is 4. The predicted octanol–water partition coefficient (Wildman–Crippen LogP) is 6.24. The molecule has 4 rings (SSSR count). The monoisotopic (exact) mass is 509 g/mol. The van der Waals surface area contributed by atoms with E-state index in [9.17, 15) is 0 Å². The number of nitrogen functional groups attached to an aromatic ring is 1. The van der Waals surface area contributed by atoms with Crippen molar-refractivity contribution in [3.05, 3.63) is 101 Å². The molecule has 2 aromatic carbocycles. The summed E-state index contributed by atoms with van der Waals surface area (Å²) in [5, 5.41) is 0.539. The SMILES string of the molecule is CC#C/C(=C\C=C(/C)c1cccc(C=Nc2c(N)cccc2Cl)c1)CN1CCN(c2ccncc2)CC1. The van der Waals surface area contributed by atoms with Crippen LogP contribution in [0.3, 0.4) is 0 Å². The van der Waals surface area contributed by atoms with Crippen molar-refractivity contribution in [1.82, 2.24) is 9.88 Å². The van der Waals surface area contributed by atoms with E-state index in [-0.39, 0.29) is 0 Å². The van der Waals surface area contributed by atoms with Crippen LogP contribution in [0.4, 0.5) is 17.1 Å². The lowest BCUT2D eigenvalue weighted by Gasteiger charge is -2.36. The minimum absolute atomic E-state index is 0.539. The largest absolute Gasteiger partial charge is 0.397 e. The summed E-state index contributed by atoms with van der Waals surface area (Å²) in [5.74, 6) is 6.37. The van der Waals surface area contributed by atoms with Gasteiger partial charge in [0, 0.05) is 62.6 Å². The molecular weight excluding hydrogens is 478 g/mol. The Kier molecular flexibility index (Phi) is 9.15. The smallest absolute Gasteiger partial charge is 0.104 e. The average Bonchev–Trinajstić information content (AvgIpc) is 2.92. The van der Waals surface area contributed by atoms with Crippen molar-refractivity contribution in [3.63, 3.8) is 0 Å². The number of aliphatic imine (C=N–C) groups is 1. The van der Waals surface area contributed by atoms with Crippen molar-refractivity contribution >= 4 is 40.5 Å². The van der Waals surface area contributed by atoms with E-state index in [1.54, 1.807) is 18.3 Å². The number of halogens is 1. The standard InChI is InChI=1S/C31H32ClN5/c1-3-6-25(23-36-17-19-37(20-18-36)28-13-15-34-16-14-28)12-11-24(2)27-8-4-7-26(21-27)22-35-31-29(32)9-5-10-30(31)33/h4-5,7-16,21-22H,17-20,23,33H2,1-2H3/b24-11+,25-12+,35-22?. The minimum atomic E-state index is 0.539. The molecule has 0 radical (unpaired) electrons. The van der Waals surface area contributed by atoms with Crippen LogP contribution in [0.2, 0.25) is 5.02 Å². The number of anilines is 2.